The van der Waals surface area contributed by atoms with Crippen LogP contribution in [0.1, 0.15) is 110 Å². The van der Waals surface area contributed by atoms with Crippen LogP contribution in [0.3, 0.4) is 0 Å². The van der Waals surface area contributed by atoms with Crippen molar-refractivity contribution >= 4 is 5.91 Å². The first-order valence-electron chi connectivity index (χ1n) is 11.5. The molecule has 0 aliphatic heterocycles. The molecule has 0 saturated carbocycles. The number of hydrogen-bond acceptors (Lipinski definition) is 2. The van der Waals surface area contributed by atoms with Crippen LogP contribution in [0.2, 0.25) is 0 Å². The monoisotopic (exact) mass is 368 g/mol. The molecule has 0 aromatic heterocycles. The maximum Gasteiger partial charge on any atom is 0.223 e. The SMILES string of the molecule is CCCCCCCCCN(CCCCCCCCC)CCC(=O)N(C)C. The van der Waals surface area contributed by atoms with Crippen LogP contribution in [0, 0.1) is 0 Å². The molecule has 0 fully saturated rings. The molecule has 0 aromatic carbocycles. The highest BCUT2D eigenvalue weighted by Crippen LogP contribution is 2.10. The van der Waals surface area contributed by atoms with Crippen LogP contribution in [0.25, 0.3) is 0 Å². The minimum Gasteiger partial charge on any atom is -0.349 e. The van der Waals surface area contributed by atoms with Gasteiger partial charge in [-0.05, 0) is 25.9 Å². The number of rotatable bonds is 19. The zero-order valence-corrected chi connectivity index (χ0v) is 18.5. The van der Waals surface area contributed by atoms with Crippen molar-refractivity contribution < 1.29 is 4.79 Å². The molecule has 0 heterocycles. The van der Waals surface area contributed by atoms with E-state index < -0.39 is 0 Å². The van der Waals surface area contributed by atoms with E-state index in [1.807, 2.05) is 14.1 Å². The zero-order chi connectivity index (χ0) is 19.5. The van der Waals surface area contributed by atoms with Crippen molar-refractivity contribution in [2.45, 2.75) is 110 Å². The van der Waals surface area contributed by atoms with Gasteiger partial charge in [-0.25, -0.2) is 0 Å². The molecule has 0 atom stereocenters. The van der Waals surface area contributed by atoms with Gasteiger partial charge in [0.25, 0.3) is 0 Å². The van der Waals surface area contributed by atoms with Crippen LogP contribution in [-0.4, -0.2) is 49.4 Å². The molecular formula is C23H48N2O. The first-order valence-corrected chi connectivity index (χ1v) is 11.5. The van der Waals surface area contributed by atoms with E-state index in [9.17, 15) is 4.79 Å². The molecule has 0 saturated heterocycles. The molecule has 0 spiro atoms. The van der Waals surface area contributed by atoms with E-state index in [-0.39, 0.29) is 5.91 Å². The largest absolute Gasteiger partial charge is 0.349 e. The topological polar surface area (TPSA) is 23.6 Å². The highest BCUT2D eigenvalue weighted by atomic mass is 16.2. The molecule has 0 rings (SSSR count). The van der Waals surface area contributed by atoms with E-state index in [4.69, 9.17) is 0 Å². The summed E-state index contributed by atoms with van der Waals surface area (Å²) in [5.74, 6) is 0.258. The third-order valence-electron chi connectivity index (χ3n) is 5.30. The first kappa shape index (κ1) is 25.4. The Balaban J connectivity index is 3.91. The van der Waals surface area contributed by atoms with Gasteiger partial charge in [0.15, 0.2) is 0 Å². The van der Waals surface area contributed by atoms with Gasteiger partial charge >= 0.3 is 0 Å². The summed E-state index contributed by atoms with van der Waals surface area (Å²) in [6.45, 7) is 7.82. The molecule has 0 N–H and O–H groups in total. The molecule has 0 aromatic rings. The summed E-state index contributed by atoms with van der Waals surface area (Å²) in [7, 11) is 3.72. The van der Waals surface area contributed by atoms with E-state index in [0.717, 1.165) is 6.54 Å². The Hall–Kier alpha value is -0.570. The van der Waals surface area contributed by atoms with Crippen LogP contribution < -0.4 is 0 Å². The molecule has 0 bridgehead atoms. The molecule has 3 nitrogen and oxygen atoms in total. The smallest absolute Gasteiger partial charge is 0.223 e. The van der Waals surface area contributed by atoms with Gasteiger partial charge in [0.05, 0.1) is 0 Å². The molecular weight excluding hydrogens is 320 g/mol. The van der Waals surface area contributed by atoms with Gasteiger partial charge in [-0.2, -0.15) is 0 Å². The second-order valence-corrected chi connectivity index (χ2v) is 8.12. The second kappa shape index (κ2) is 19.2. The Morgan fingerprint density at radius 3 is 1.35 bits per heavy atom. The number of carbonyl (C=O) groups is 1. The van der Waals surface area contributed by atoms with Crippen LogP contribution in [0.15, 0.2) is 0 Å². The summed E-state index contributed by atoms with van der Waals surface area (Å²) in [5.41, 5.74) is 0. The number of nitrogens with zero attached hydrogens (tertiary/aromatic N) is 2. The van der Waals surface area contributed by atoms with Crippen molar-refractivity contribution in [3.8, 4) is 0 Å². The number of amides is 1. The van der Waals surface area contributed by atoms with E-state index in [1.165, 1.54) is 103 Å². The molecule has 0 aliphatic rings. The fourth-order valence-corrected chi connectivity index (χ4v) is 3.40. The van der Waals surface area contributed by atoms with Crippen molar-refractivity contribution in [3.63, 3.8) is 0 Å². The van der Waals surface area contributed by atoms with Crippen molar-refractivity contribution in [1.82, 2.24) is 9.80 Å². The highest BCUT2D eigenvalue weighted by Gasteiger charge is 2.09. The van der Waals surface area contributed by atoms with Gasteiger partial charge in [0.1, 0.15) is 0 Å². The average Bonchev–Trinajstić information content (AvgIpc) is 2.63. The summed E-state index contributed by atoms with van der Waals surface area (Å²) >= 11 is 0. The predicted octanol–water partition coefficient (Wildman–Crippen LogP) is 6.27. The Morgan fingerprint density at radius 1 is 0.577 bits per heavy atom. The predicted molar refractivity (Wildman–Crippen MR) is 116 cm³/mol. The maximum absolute atomic E-state index is 11.9. The summed E-state index contributed by atoms with van der Waals surface area (Å²) in [5, 5.41) is 0. The average molecular weight is 369 g/mol. The van der Waals surface area contributed by atoms with Gasteiger partial charge in [-0.15, -0.1) is 0 Å². The molecule has 26 heavy (non-hydrogen) atoms. The fraction of sp³-hybridized carbons (Fsp3) is 0.957. The molecule has 3 heteroatoms. The van der Waals surface area contributed by atoms with E-state index in [1.54, 1.807) is 4.90 Å². The van der Waals surface area contributed by atoms with Crippen molar-refractivity contribution in [2.24, 2.45) is 0 Å². The summed E-state index contributed by atoms with van der Waals surface area (Å²) in [6.07, 6.45) is 19.7. The lowest BCUT2D eigenvalue weighted by atomic mass is 10.1. The van der Waals surface area contributed by atoms with E-state index >= 15 is 0 Å². The van der Waals surface area contributed by atoms with Crippen molar-refractivity contribution in [2.75, 3.05) is 33.7 Å². The van der Waals surface area contributed by atoms with Gasteiger partial charge < -0.3 is 9.80 Å². The Morgan fingerprint density at radius 2 is 0.962 bits per heavy atom. The highest BCUT2D eigenvalue weighted by molar-refractivity contribution is 5.75. The Labute approximate surface area is 164 Å². The second-order valence-electron chi connectivity index (χ2n) is 8.12. The number of hydrogen-bond donors (Lipinski definition) is 0. The summed E-state index contributed by atoms with van der Waals surface area (Å²) in [4.78, 5) is 16.2. The molecule has 1 amide bonds. The molecule has 0 unspecified atom stereocenters. The molecule has 0 radical (unpaired) electrons. The lowest BCUT2D eigenvalue weighted by Gasteiger charge is -2.23. The lowest BCUT2D eigenvalue weighted by Crippen LogP contribution is -2.32. The van der Waals surface area contributed by atoms with Gasteiger partial charge in [0.2, 0.25) is 5.91 Å². The fourth-order valence-electron chi connectivity index (χ4n) is 3.40. The van der Waals surface area contributed by atoms with Gasteiger partial charge in [-0.3, -0.25) is 4.79 Å². The summed E-state index contributed by atoms with van der Waals surface area (Å²) in [6, 6.07) is 0. The lowest BCUT2D eigenvalue weighted by molar-refractivity contribution is -0.129. The van der Waals surface area contributed by atoms with Crippen LogP contribution >= 0.6 is 0 Å². The van der Waals surface area contributed by atoms with Crippen molar-refractivity contribution in [3.05, 3.63) is 0 Å². The first-order chi connectivity index (χ1) is 12.6. The third-order valence-corrected chi connectivity index (χ3v) is 5.30. The minimum absolute atomic E-state index is 0.258. The number of unbranched alkanes of at least 4 members (excludes halogenated alkanes) is 12. The minimum atomic E-state index is 0.258. The van der Waals surface area contributed by atoms with Crippen LogP contribution in [0.4, 0.5) is 0 Å². The van der Waals surface area contributed by atoms with Crippen molar-refractivity contribution in [1.29, 1.82) is 0 Å². The Bertz CT molecular complexity index is 287. The standard InChI is InChI=1S/C23H48N2O/c1-5-7-9-11-13-15-17-20-25(22-19-23(26)24(3)4)21-18-16-14-12-10-8-6-2/h5-22H2,1-4H3. The quantitative estimate of drug-likeness (QED) is 0.251. The van der Waals surface area contributed by atoms with Gasteiger partial charge in [-0.1, -0.05) is 90.9 Å². The van der Waals surface area contributed by atoms with Crippen LogP contribution in [0.5, 0.6) is 0 Å². The summed E-state index contributed by atoms with van der Waals surface area (Å²) < 4.78 is 0. The molecule has 0 aliphatic carbocycles. The third kappa shape index (κ3) is 16.9. The van der Waals surface area contributed by atoms with Gasteiger partial charge in [0, 0.05) is 27.1 Å². The normalized spacial score (nSPS) is 11.3. The van der Waals surface area contributed by atoms with E-state index in [0.29, 0.717) is 6.42 Å². The number of carbonyl (C=O) groups excluding carboxylic acids is 1. The van der Waals surface area contributed by atoms with E-state index in [2.05, 4.69) is 18.7 Å². The maximum atomic E-state index is 11.9. The molecule has 156 valence electrons. The Kier molecular flexibility index (Phi) is 18.8. The zero-order valence-electron chi connectivity index (χ0n) is 18.5. The van der Waals surface area contributed by atoms with Crippen LogP contribution in [-0.2, 0) is 4.79 Å².